The first kappa shape index (κ1) is 21.0. The Morgan fingerprint density at radius 2 is 1.86 bits per heavy atom. The van der Waals surface area contributed by atoms with E-state index in [1.54, 1.807) is 36.4 Å². The molecule has 1 fully saturated rings. The number of nitrogens with zero attached hydrogens (tertiary/aromatic N) is 1. The maximum Gasteiger partial charge on any atom is 0.252 e. The number of amides is 1. The van der Waals surface area contributed by atoms with Gasteiger partial charge in [0, 0.05) is 11.6 Å². The predicted molar refractivity (Wildman–Crippen MR) is 112 cm³/mol. The summed E-state index contributed by atoms with van der Waals surface area (Å²) in [7, 11) is 0. The molecule has 4 rings (SSSR count). The molecular weight excluding hydrogens is 393 g/mol. The van der Waals surface area contributed by atoms with Crippen molar-refractivity contribution in [3.05, 3.63) is 66.1 Å². The van der Waals surface area contributed by atoms with Gasteiger partial charge in [0.05, 0.1) is 17.3 Å². The molecule has 5 nitrogen and oxygen atoms in total. The van der Waals surface area contributed by atoms with Crippen LogP contribution < -0.4 is 11.1 Å². The zero-order valence-electron chi connectivity index (χ0n) is 15.8. The summed E-state index contributed by atoms with van der Waals surface area (Å²) in [4.78, 5) is 17.2. The fourth-order valence-corrected chi connectivity index (χ4v) is 3.81. The first-order chi connectivity index (χ1) is 13.7. The predicted octanol–water partition coefficient (Wildman–Crippen LogP) is 4.43. The van der Waals surface area contributed by atoms with Gasteiger partial charge >= 0.3 is 0 Å². The molecule has 1 aromatic heterocycles. The molecule has 0 saturated heterocycles. The average molecular weight is 416 g/mol. The fraction of sp³-hybridized carbons (Fsp3) is 0.273. The van der Waals surface area contributed by atoms with Crippen molar-refractivity contribution in [3.8, 4) is 22.8 Å². The van der Waals surface area contributed by atoms with Crippen LogP contribution in [-0.4, -0.2) is 23.5 Å². The van der Waals surface area contributed by atoms with Crippen LogP contribution in [0, 0.1) is 11.7 Å². The van der Waals surface area contributed by atoms with Crippen LogP contribution in [0.25, 0.3) is 22.8 Å². The van der Waals surface area contributed by atoms with Crippen LogP contribution in [0.2, 0.25) is 0 Å². The fourth-order valence-electron chi connectivity index (χ4n) is 3.81. The van der Waals surface area contributed by atoms with Crippen LogP contribution in [0.1, 0.15) is 29.6 Å². The lowest BCUT2D eigenvalue weighted by Gasteiger charge is -2.20. The molecule has 29 heavy (non-hydrogen) atoms. The minimum absolute atomic E-state index is 0. The second kappa shape index (κ2) is 9.20. The van der Waals surface area contributed by atoms with E-state index < -0.39 is 0 Å². The molecule has 2 atom stereocenters. The summed E-state index contributed by atoms with van der Waals surface area (Å²) in [6.45, 7) is 0.568. The zero-order valence-corrected chi connectivity index (χ0v) is 16.6. The zero-order chi connectivity index (χ0) is 19.5. The summed E-state index contributed by atoms with van der Waals surface area (Å²) in [6, 6.07) is 13.6. The second-order valence-corrected chi connectivity index (χ2v) is 7.06. The first-order valence-corrected chi connectivity index (χ1v) is 9.48. The van der Waals surface area contributed by atoms with Gasteiger partial charge in [0.15, 0.2) is 5.76 Å². The molecule has 0 spiro atoms. The van der Waals surface area contributed by atoms with Gasteiger partial charge in [-0.1, -0.05) is 30.7 Å². The largest absolute Gasteiger partial charge is 0.436 e. The van der Waals surface area contributed by atoms with E-state index in [1.807, 2.05) is 6.07 Å². The molecule has 7 heteroatoms. The van der Waals surface area contributed by atoms with E-state index in [0.717, 1.165) is 19.3 Å². The van der Waals surface area contributed by atoms with Crippen molar-refractivity contribution in [1.82, 2.24) is 10.3 Å². The third-order valence-corrected chi connectivity index (χ3v) is 5.33. The lowest BCUT2D eigenvalue weighted by Crippen LogP contribution is -2.40. The molecule has 1 aliphatic carbocycles. The Balaban J connectivity index is 0.00000240. The standard InChI is InChI=1S/C22H22FN3O2.ClH/c23-18-10-4-3-9-17(18)20-13-25-22(28-20)16-8-2-1-7-15(16)21(27)26-19-11-5-6-14(19)12-24;/h1-4,7-10,13-14,19H,5-6,11-12,24H2,(H,26,27);1H. The van der Waals surface area contributed by atoms with Crippen molar-refractivity contribution in [1.29, 1.82) is 0 Å². The second-order valence-electron chi connectivity index (χ2n) is 7.06. The Morgan fingerprint density at radius 1 is 1.14 bits per heavy atom. The minimum Gasteiger partial charge on any atom is -0.436 e. The lowest BCUT2D eigenvalue weighted by atomic mass is 10.0. The highest BCUT2D eigenvalue weighted by Gasteiger charge is 2.28. The van der Waals surface area contributed by atoms with Gasteiger partial charge < -0.3 is 15.5 Å². The van der Waals surface area contributed by atoms with E-state index >= 15 is 0 Å². The lowest BCUT2D eigenvalue weighted by molar-refractivity contribution is 0.0929. The number of halogens is 2. The van der Waals surface area contributed by atoms with Gasteiger partial charge in [0.25, 0.3) is 5.91 Å². The topological polar surface area (TPSA) is 81.1 Å². The maximum absolute atomic E-state index is 14.0. The third-order valence-electron chi connectivity index (χ3n) is 5.33. The van der Waals surface area contributed by atoms with Crippen molar-refractivity contribution >= 4 is 18.3 Å². The molecule has 0 radical (unpaired) electrons. The van der Waals surface area contributed by atoms with Crippen molar-refractivity contribution in [2.24, 2.45) is 11.7 Å². The summed E-state index contributed by atoms with van der Waals surface area (Å²) in [5.74, 6) is 0.357. The summed E-state index contributed by atoms with van der Waals surface area (Å²) in [5, 5.41) is 3.11. The van der Waals surface area contributed by atoms with Gasteiger partial charge in [-0.05, 0) is 49.6 Å². The Labute approximate surface area is 174 Å². The van der Waals surface area contributed by atoms with Gasteiger partial charge in [0.1, 0.15) is 5.82 Å². The highest BCUT2D eigenvalue weighted by atomic mass is 35.5. The SMILES string of the molecule is Cl.NCC1CCCC1NC(=O)c1ccccc1-c1ncc(-c2ccccc2F)o1. The van der Waals surface area contributed by atoms with Gasteiger partial charge in [-0.2, -0.15) is 0 Å². The van der Waals surface area contributed by atoms with E-state index in [1.165, 1.54) is 12.3 Å². The van der Waals surface area contributed by atoms with Gasteiger partial charge in [-0.15, -0.1) is 12.4 Å². The van der Waals surface area contributed by atoms with Gasteiger partial charge in [-0.25, -0.2) is 9.37 Å². The number of carbonyl (C=O) groups excluding carboxylic acids is 1. The Kier molecular flexibility index (Phi) is 6.67. The summed E-state index contributed by atoms with van der Waals surface area (Å²) in [6.07, 6.45) is 4.52. The number of oxazole rings is 1. The summed E-state index contributed by atoms with van der Waals surface area (Å²) in [5.41, 5.74) is 7.21. The number of aromatic nitrogens is 1. The molecule has 1 heterocycles. The number of rotatable bonds is 5. The Bertz CT molecular complexity index is 991. The molecule has 1 saturated carbocycles. The number of benzene rings is 2. The summed E-state index contributed by atoms with van der Waals surface area (Å²) < 4.78 is 19.8. The first-order valence-electron chi connectivity index (χ1n) is 9.48. The molecule has 3 N–H and O–H groups in total. The Morgan fingerprint density at radius 3 is 2.62 bits per heavy atom. The molecule has 0 aliphatic heterocycles. The average Bonchev–Trinajstić information content (AvgIpc) is 3.37. The van der Waals surface area contributed by atoms with Crippen LogP contribution in [0.15, 0.2) is 59.1 Å². The molecule has 1 aliphatic rings. The third kappa shape index (κ3) is 4.33. The number of carbonyl (C=O) groups is 1. The highest BCUT2D eigenvalue weighted by molar-refractivity contribution is 6.00. The molecular formula is C22H23ClFN3O2. The quantitative estimate of drug-likeness (QED) is 0.646. The van der Waals surface area contributed by atoms with Gasteiger partial charge in [-0.3, -0.25) is 4.79 Å². The highest BCUT2D eigenvalue weighted by Crippen LogP contribution is 2.30. The molecule has 152 valence electrons. The minimum atomic E-state index is -0.384. The number of nitrogens with one attached hydrogen (secondary N) is 1. The molecule has 0 bridgehead atoms. The monoisotopic (exact) mass is 415 g/mol. The molecule has 1 amide bonds. The summed E-state index contributed by atoms with van der Waals surface area (Å²) >= 11 is 0. The van der Waals surface area contributed by atoms with E-state index in [2.05, 4.69) is 10.3 Å². The number of nitrogens with two attached hydrogens (primary N) is 1. The van der Waals surface area contributed by atoms with Crippen LogP contribution in [0.3, 0.4) is 0 Å². The maximum atomic E-state index is 14.0. The van der Waals surface area contributed by atoms with E-state index in [4.69, 9.17) is 10.2 Å². The van der Waals surface area contributed by atoms with Crippen molar-refractivity contribution < 1.29 is 13.6 Å². The molecule has 3 aromatic rings. The normalized spacial score (nSPS) is 18.3. The van der Waals surface area contributed by atoms with Crippen LogP contribution >= 0.6 is 12.4 Å². The van der Waals surface area contributed by atoms with Crippen molar-refractivity contribution in [2.75, 3.05) is 6.54 Å². The Hall–Kier alpha value is -2.70. The van der Waals surface area contributed by atoms with E-state index in [-0.39, 0.29) is 36.1 Å². The van der Waals surface area contributed by atoms with Crippen LogP contribution in [0.5, 0.6) is 0 Å². The van der Waals surface area contributed by atoms with E-state index in [0.29, 0.717) is 34.9 Å². The van der Waals surface area contributed by atoms with Crippen molar-refractivity contribution in [2.45, 2.75) is 25.3 Å². The van der Waals surface area contributed by atoms with Gasteiger partial charge in [0.2, 0.25) is 5.89 Å². The molecule has 2 unspecified atom stereocenters. The number of hydrogen-bond donors (Lipinski definition) is 2. The van der Waals surface area contributed by atoms with Crippen molar-refractivity contribution in [3.63, 3.8) is 0 Å². The number of hydrogen-bond acceptors (Lipinski definition) is 4. The smallest absolute Gasteiger partial charge is 0.252 e. The van der Waals surface area contributed by atoms with Crippen LogP contribution in [-0.2, 0) is 0 Å². The van der Waals surface area contributed by atoms with Crippen LogP contribution in [0.4, 0.5) is 4.39 Å². The molecule has 2 aromatic carbocycles. The van der Waals surface area contributed by atoms with E-state index in [9.17, 15) is 9.18 Å².